The molecule has 0 spiro atoms. The Balaban J connectivity index is 2.34. The number of ketones is 1. The van der Waals surface area contributed by atoms with Crippen LogP contribution in [0.3, 0.4) is 0 Å². The molecule has 0 heterocycles. The summed E-state index contributed by atoms with van der Waals surface area (Å²) >= 11 is 0. The Morgan fingerprint density at radius 2 is 1.62 bits per heavy atom. The van der Waals surface area contributed by atoms with Crippen molar-refractivity contribution in [2.75, 3.05) is 0 Å². The highest BCUT2D eigenvalue weighted by atomic mass is 19.3. The third-order valence-electron chi connectivity index (χ3n) is 3.68. The van der Waals surface area contributed by atoms with Crippen LogP contribution in [0.25, 0.3) is 10.8 Å². The fraction of sp³-hybridized carbons (Fsp3) is 0.278. The number of carbonyl (C=O) groups excluding carboxylic acids is 1. The molecule has 0 aliphatic rings. The smallest absolute Gasteiger partial charge is 0.287 e. The Morgan fingerprint density at radius 3 is 2.24 bits per heavy atom. The number of Topliss-reactive ketones (excluding diaryl/α,β-unsaturated/α-hetero) is 1. The van der Waals surface area contributed by atoms with Gasteiger partial charge in [0.1, 0.15) is 0 Å². The Bertz CT molecular complexity index is 710. The summed E-state index contributed by atoms with van der Waals surface area (Å²) in [4.78, 5) is 12.1. The zero-order valence-corrected chi connectivity index (χ0v) is 12.4. The van der Waals surface area contributed by atoms with Crippen molar-refractivity contribution in [2.45, 2.75) is 33.1 Å². The molecule has 0 unspecified atom stereocenters. The first-order valence-electron chi connectivity index (χ1n) is 6.85. The summed E-state index contributed by atoms with van der Waals surface area (Å²) < 4.78 is 28.3. The van der Waals surface area contributed by atoms with Crippen LogP contribution in [0.2, 0.25) is 0 Å². The van der Waals surface area contributed by atoms with E-state index in [-0.39, 0.29) is 5.56 Å². The number of benzene rings is 2. The van der Waals surface area contributed by atoms with E-state index in [0.717, 1.165) is 16.3 Å². The molecule has 2 rings (SSSR count). The summed E-state index contributed by atoms with van der Waals surface area (Å²) in [5, 5.41) is 1.72. The maximum atomic E-state index is 14.1. The second-order valence-electron chi connectivity index (χ2n) is 5.55. The van der Waals surface area contributed by atoms with Gasteiger partial charge in [0.25, 0.3) is 0 Å². The van der Waals surface area contributed by atoms with Gasteiger partial charge in [0.05, 0.1) is 0 Å². The molecule has 0 atom stereocenters. The monoisotopic (exact) mass is 288 g/mol. The van der Waals surface area contributed by atoms with Crippen LogP contribution in [0, 0.1) is 0 Å². The Morgan fingerprint density at radius 1 is 1.00 bits per heavy atom. The highest BCUT2D eigenvalue weighted by molar-refractivity contribution is 6.04. The molecule has 0 bridgehead atoms. The van der Waals surface area contributed by atoms with E-state index in [1.54, 1.807) is 26.8 Å². The van der Waals surface area contributed by atoms with Gasteiger partial charge in [-0.1, -0.05) is 47.5 Å². The molecule has 1 nitrogen and oxygen atoms in total. The maximum absolute atomic E-state index is 14.1. The van der Waals surface area contributed by atoms with Crippen LogP contribution < -0.4 is 0 Å². The van der Waals surface area contributed by atoms with Gasteiger partial charge in [-0.3, -0.25) is 4.79 Å². The van der Waals surface area contributed by atoms with E-state index in [1.165, 1.54) is 12.1 Å². The van der Waals surface area contributed by atoms with Crippen LogP contribution in [-0.4, -0.2) is 11.7 Å². The van der Waals surface area contributed by atoms with Gasteiger partial charge in [0.15, 0.2) is 0 Å². The quantitative estimate of drug-likeness (QED) is 0.543. The van der Waals surface area contributed by atoms with Gasteiger partial charge < -0.3 is 0 Å². The first-order valence-corrected chi connectivity index (χ1v) is 6.85. The first kappa shape index (κ1) is 15.4. The molecule has 2 aromatic carbocycles. The molecule has 110 valence electrons. The van der Waals surface area contributed by atoms with E-state index >= 15 is 0 Å². The molecule has 0 saturated heterocycles. The van der Waals surface area contributed by atoms with E-state index in [0.29, 0.717) is 5.57 Å². The van der Waals surface area contributed by atoms with E-state index in [9.17, 15) is 13.6 Å². The normalized spacial score (nSPS) is 11.5. The van der Waals surface area contributed by atoms with Gasteiger partial charge in [-0.05, 0) is 37.6 Å². The molecule has 0 radical (unpaired) electrons. The molecule has 0 aliphatic heterocycles. The van der Waals surface area contributed by atoms with Crippen LogP contribution in [-0.2, 0) is 0 Å². The maximum Gasteiger partial charge on any atom is 0.313 e. The fourth-order valence-electron chi connectivity index (χ4n) is 2.13. The van der Waals surface area contributed by atoms with Gasteiger partial charge in [-0.25, -0.2) is 0 Å². The fourth-order valence-corrected chi connectivity index (χ4v) is 2.13. The van der Waals surface area contributed by atoms with Crippen molar-refractivity contribution in [1.29, 1.82) is 0 Å². The van der Waals surface area contributed by atoms with Crippen molar-refractivity contribution in [3.8, 4) is 0 Å². The van der Waals surface area contributed by atoms with E-state index in [2.05, 4.69) is 0 Å². The van der Waals surface area contributed by atoms with Crippen molar-refractivity contribution in [3.63, 3.8) is 0 Å². The van der Waals surface area contributed by atoms with Crippen molar-refractivity contribution in [1.82, 2.24) is 0 Å². The second-order valence-corrected chi connectivity index (χ2v) is 5.55. The van der Waals surface area contributed by atoms with Crippen LogP contribution >= 0.6 is 0 Å². The third-order valence-corrected chi connectivity index (χ3v) is 3.68. The summed E-state index contributed by atoms with van der Waals surface area (Å²) in [7, 11) is 0. The summed E-state index contributed by atoms with van der Waals surface area (Å²) in [5.74, 6) is -4.49. The lowest BCUT2D eigenvalue weighted by Gasteiger charge is -2.16. The van der Waals surface area contributed by atoms with Crippen LogP contribution in [0.4, 0.5) is 8.78 Å². The highest BCUT2D eigenvalue weighted by Crippen LogP contribution is 2.29. The number of carbonyl (C=O) groups is 1. The van der Waals surface area contributed by atoms with E-state index in [1.807, 2.05) is 24.3 Å². The summed E-state index contributed by atoms with van der Waals surface area (Å²) in [5.41, 5.74) is 1.43. The summed E-state index contributed by atoms with van der Waals surface area (Å²) in [6.45, 7) is 5.18. The lowest BCUT2D eigenvalue weighted by atomic mass is 9.96. The predicted molar refractivity (Wildman–Crippen MR) is 81.9 cm³/mol. The minimum atomic E-state index is -3.37. The number of rotatable bonds is 4. The van der Waals surface area contributed by atoms with Gasteiger partial charge in [0.2, 0.25) is 5.78 Å². The standard InChI is InChI=1S/C18H18F2O/c1-12(2)13(3)11-18(19,20)17(21)16-9-8-14-6-4-5-7-15(14)10-16/h4-10H,11H2,1-3H3. The molecular weight excluding hydrogens is 270 g/mol. The number of hydrogen-bond donors (Lipinski definition) is 0. The third kappa shape index (κ3) is 3.35. The van der Waals surface area contributed by atoms with Crippen LogP contribution in [0.5, 0.6) is 0 Å². The lowest BCUT2D eigenvalue weighted by Crippen LogP contribution is -2.29. The minimum absolute atomic E-state index is 0.0558. The number of alkyl halides is 2. The number of hydrogen-bond acceptors (Lipinski definition) is 1. The molecule has 0 saturated carbocycles. The largest absolute Gasteiger partial charge is 0.313 e. The highest BCUT2D eigenvalue weighted by Gasteiger charge is 2.39. The van der Waals surface area contributed by atoms with Crippen molar-refractivity contribution in [2.24, 2.45) is 0 Å². The predicted octanol–water partition coefficient (Wildman–Crippen LogP) is 5.40. The number of fused-ring (bicyclic) bond motifs is 1. The summed E-state index contributed by atoms with van der Waals surface area (Å²) in [6, 6.07) is 12.1. The van der Waals surface area contributed by atoms with Crippen LogP contribution in [0.1, 0.15) is 37.6 Å². The average molecular weight is 288 g/mol. The van der Waals surface area contributed by atoms with Gasteiger partial charge in [0, 0.05) is 12.0 Å². The molecule has 0 N–H and O–H groups in total. The topological polar surface area (TPSA) is 17.1 Å². The van der Waals surface area contributed by atoms with Crippen LogP contribution in [0.15, 0.2) is 53.6 Å². The zero-order valence-electron chi connectivity index (χ0n) is 12.4. The van der Waals surface area contributed by atoms with Crippen molar-refractivity contribution < 1.29 is 13.6 Å². The lowest BCUT2D eigenvalue weighted by molar-refractivity contribution is 0.0106. The van der Waals surface area contributed by atoms with Crippen molar-refractivity contribution >= 4 is 16.6 Å². The minimum Gasteiger partial charge on any atom is -0.287 e. The average Bonchev–Trinajstić information content (AvgIpc) is 2.45. The molecular formula is C18H18F2O. The van der Waals surface area contributed by atoms with Gasteiger partial charge in [-0.2, -0.15) is 8.78 Å². The molecule has 0 aromatic heterocycles. The second kappa shape index (κ2) is 5.76. The van der Waals surface area contributed by atoms with Gasteiger partial charge in [-0.15, -0.1) is 0 Å². The Hall–Kier alpha value is -2.03. The molecule has 0 amide bonds. The van der Waals surface area contributed by atoms with Crippen molar-refractivity contribution in [3.05, 3.63) is 59.2 Å². The zero-order chi connectivity index (χ0) is 15.6. The molecule has 21 heavy (non-hydrogen) atoms. The SMILES string of the molecule is CC(C)=C(C)CC(F)(F)C(=O)c1ccc2ccccc2c1. The van der Waals surface area contributed by atoms with E-state index < -0.39 is 18.1 Å². The Kier molecular flexibility index (Phi) is 4.21. The molecule has 0 fully saturated rings. The van der Waals surface area contributed by atoms with Gasteiger partial charge >= 0.3 is 5.92 Å². The van der Waals surface area contributed by atoms with E-state index in [4.69, 9.17) is 0 Å². The molecule has 2 aromatic rings. The summed E-state index contributed by atoms with van der Waals surface area (Å²) in [6.07, 6.45) is -0.527. The molecule has 0 aliphatic carbocycles. The Labute approximate surface area is 123 Å². The number of allylic oxidation sites excluding steroid dienone is 2. The first-order chi connectivity index (χ1) is 9.81. The molecule has 3 heteroatoms. The number of halogens is 2.